The molecule has 0 atom stereocenters. The van der Waals surface area contributed by atoms with Gasteiger partial charge in [0.1, 0.15) is 5.75 Å². The van der Waals surface area contributed by atoms with Crippen molar-refractivity contribution in [1.82, 2.24) is 0 Å². The van der Waals surface area contributed by atoms with E-state index in [1.807, 2.05) is 19.1 Å². The zero-order valence-electron chi connectivity index (χ0n) is 9.10. The number of aryl methyl sites for hydroxylation is 1. The van der Waals surface area contributed by atoms with Crippen LogP contribution in [0.25, 0.3) is 0 Å². The first kappa shape index (κ1) is 16.8. The monoisotopic (exact) mass is 262 g/mol. The van der Waals surface area contributed by atoms with Gasteiger partial charge in [0.25, 0.3) is 0 Å². The van der Waals surface area contributed by atoms with E-state index in [-0.39, 0.29) is 64.2 Å². The molecule has 0 bridgehead atoms. The van der Waals surface area contributed by atoms with E-state index < -0.39 is 11.9 Å². The summed E-state index contributed by atoms with van der Waals surface area (Å²) in [5.41, 5.74) is 0.936. The van der Waals surface area contributed by atoms with Gasteiger partial charge >= 0.3 is 63.3 Å². The summed E-state index contributed by atoms with van der Waals surface area (Å²) in [4.78, 5) is 21.6. The number of para-hydroxylation sites is 1. The Labute approximate surface area is 143 Å². The summed E-state index contributed by atoms with van der Waals surface area (Å²) in [5.74, 6) is -0.996. The molecule has 0 spiro atoms. The number of carbonyl (C=O) groups excluding carboxylic acids is 1. The molecule has 1 N–H and O–H groups in total. The van der Waals surface area contributed by atoms with Gasteiger partial charge in [0.2, 0.25) is 0 Å². The Morgan fingerprint density at radius 2 is 1.88 bits per heavy atom. The van der Waals surface area contributed by atoms with Crippen LogP contribution in [0.5, 0.6) is 5.75 Å². The van der Waals surface area contributed by atoms with Gasteiger partial charge in [-0.05, 0) is 18.1 Å². The molecule has 0 saturated heterocycles. The Kier molecular flexibility index (Phi) is 8.72. The van der Waals surface area contributed by atoms with Gasteiger partial charge in [-0.25, -0.2) is 0 Å². The number of esters is 1. The van der Waals surface area contributed by atoms with Gasteiger partial charge in [-0.3, -0.25) is 9.59 Å². The van der Waals surface area contributed by atoms with Gasteiger partial charge in [-0.15, -0.1) is 0 Å². The van der Waals surface area contributed by atoms with Gasteiger partial charge in [0, 0.05) is 0 Å². The molecular formula is C12H15KO4. The molecular weight excluding hydrogens is 247 g/mol. The third kappa shape index (κ3) is 6.33. The molecule has 1 aromatic carbocycles. The van der Waals surface area contributed by atoms with Crippen LogP contribution in [0.15, 0.2) is 24.3 Å². The van der Waals surface area contributed by atoms with E-state index >= 15 is 0 Å². The van der Waals surface area contributed by atoms with E-state index in [2.05, 4.69) is 0 Å². The quantitative estimate of drug-likeness (QED) is 0.494. The number of rotatable bonds is 5. The van der Waals surface area contributed by atoms with Gasteiger partial charge in [0.05, 0.1) is 12.8 Å². The van der Waals surface area contributed by atoms with Crippen molar-refractivity contribution in [1.29, 1.82) is 0 Å². The number of benzene rings is 1. The summed E-state index contributed by atoms with van der Waals surface area (Å²) in [6.45, 7) is 1.96. The summed E-state index contributed by atoms with van der Waals surface area (Å²) in [6.07, 6.45) is 0.461. The fourth-order valence-corrected chi connectivity index (χ4v) is 1.28. The molecule has 0 heterocycles. The van der Waals surface area contributed by atoms with Crippen molar-refractivity contribution in [3.05, 3.63) is 29.8 Å². The summed E-state index contributed by atoms with van der Waals surface area (Å²) in [6, 6.07) is 7.23. The average molecular weight is 262 g/mol. The van der Waals surface area contributed by atoms with Crippen LogP contribution < -0.4 is 4.74 Å². The van der Waals surface area contributed by atoms with Crippen LogP contribution in [0.4, 0.5) is 0 Å². The van der Waals surface area contributed by atoms with Gasteiger partial charge in [-0.2, -0.15) is 0 Å². The van der Waals surface area contributed by atoms with Crippen molar-refractivity contribution >= 4 is 63.3 Å². The molecule has 0 aliphatic heterocycles. The van der Waals surface area contributed by atoms with Gasteiger partial charge < -0.3 is 9.84 Å². The zero-order valence-corrected chi connectivity index (χ0v) is 9.10. The van der Waals surface area contributed by atoms with Crippen LogP contribution in [0.2, 0.25) is 0 Å². The molecule has 0 unspecified atom stereocenters. The fraction of sp³-hybridized carbons (Fsp3) is 0.333. The summed E-state index contributed by atoms with van der Waals surface area (Å²) in [7, 11) is 0. The molecule has 0 aliphatic carbocycles. The van der Waals surface area contributed by atoms with Crippen molar-refractivity contribution in [2.75, 3.05) is 0 Å². The Bertz CT molecular complexity index is 390. The van der Waals surface area contributed by atoms with E-state index in [0.717, 1.165) is 12.0 Å². The van der Waals surface area contributed by atoms with Crippen molar-refractivity contribution in [2.45, 2.75) is 26.2 Å². The van der Waals surface area contributed by atoms with E-state index in [0.29, 0.717) is 5.75 Å². The number of ether oxygens (including phenoxy) is 1. The minimum atomic E-state index is -0.999. The third-order valence-corrected chi connectivity index (χ3v) is 2.12. The van der Waals surface area contributed by atoms with Crippen molar-refractivity contribution in [2.24, 2.45) is 0 Å². The van der Waals surface area contributed by atoms with E-state index in [9.17, 15) is 9.59 Å². The normalized spacial score (nSPS) is 9.24. The Morgan fingerprint density at radius 3 is 2.47 bits per heavy atom. The number of hydrogen-bond donors (Lipinski definition) is 1. The van der Waals surface area contributed by atoms with E-state index in [1.54, 1.807) is 12.1 Å². The second kappa shape index (κ2) is 8.82. The maximum absolute atomic E-state index is 11.3. The number of carbonyl (C=O) groups is 2. The maximum atomic E-state index is 11.3. The van der Waals surface area contributed by atoms with Crippen LogP contribution in [-0.2, 0) is 16.0 Å². The van der Waals surface area contributed by atoms with Crippen LogP contribution in [0.1, 0.15) is 25.3 Å². The van der Waals surface area contributed by atoms with Gasteiger partial charge in [-0.1, -0.05) is 25.1 Å². The fourth-order valence-electron chi connectivity index (χ4n) is 1.28. The molecule has 0 radical (unpaired) electrons. The predicted octanol–water partition coefficient (Wildman–Crippen LogP) is 1.37. The molecule has 0 fully saturated rings. The molecule has 0 aliphatic rings. The number of hydrogen-bond acceptors (Lipinski definition) is 3. The molecule has 0 aromatic heterocycles. The zero-order chi connectivity index (χ0) is 12.0. The summed E-state index contributed by atoms with van der Waals surface area (Å²) < 4.78 is 5.08. The standard InChI is InChI=1S/C12H14O4.K.H/c1-2-9-5-3-4-6-10(9)16-12(15)8-7-11(13)14;;/h3-6H,2,7-8H2,1H3,(H,13,14);;. The van der Waals surface area contributed by atoms with Crippen LogP contribution in [0.3, 0.4) is 0 Å². The first-order valence-electron chi connectivity index (χ1n) is 5.14. The molecule has 0 amide bonds. The number of aliphatic carboxylic acids is 1. The predicted molar refractivity (Wildman–Crippen MR) is 65.5 cm³/mol. The molecule has 4 nitrogen and oxygen atoms in total. The molecule has 5 heteroatoms. The van der Waals surface area contributed by atoms with Crippen LogP contribution >= 0.6 is 0 Å². The van der Waals surface area contributed by atoms with E-state index in [1.165, 1.54) is 0 Å². The Balaban J connectivity index is 0.00000256. The average Bonchev–Trinajstić information content (AvgIpc) is 2.27. The molecule has 17 heavy (non-hydrogen) atoms. The second-order valence-electron chi connectivity index (χ2n) is 3.33. The van der Waals surface area contributed by atoms with Crippen LogP contribution in [-0.4, -0.2) is 68.4 Å². The van der Waals surface area contributed by atoms with E-state index in [4.69, 9.17) is 9.84 Å². The van der Waals surface area contributed by atoms with Crippen LogP contribution in [0, 0.1) is 0 Å². The Morgan fingerprint density at radius 1 is 1.24 bits per heavy atom. The van der Waals surface area contributed by atoms with Crippen molar-refractivity contribution in [3.8, 4) is 5.75 Å². The second-order valence-corrected chi connectivity index (χ2v) is 3.33. The Hall–Kier alpha value is -0.204. The SMILES string of the molecule is CCc1ccccc1OC(=O)CCC(=O)O.[KH]. The van der Waals surface area contributed by atoms with Crippen molar-refractivity contribution in [3.63, 3.8) is 0 Å². The van der Waals surface area contributed by atoms with Crippen molar-refractivity contribution < 1.29 is 19.4 Å². The molecule has 1 rings (SSSR count). The topological polar surface area (TPSA) is 63.6 Å². The number of carboxylic acid groups (broad SMARTS) is 1. The number of carboxylic acids is 1. The molecule has 1 aromatic rings. The molecule has 88 valence electrons. The third-order valence-electron chi connectivity index (χ3n) is 2.12. The molecule has 0 saturated carbocycles. The minimum absolute atomic E-state index is 0. The van der Waals surface area contributed by atoms with Gasteiger partial charge in [0.15, 0.2) is 0 Å². The first-order chi connectivity index (χ1) is 7.63. The summed E-state index contributed by atoms with van der Waals surface area (Å²) in [5, 5.41) is 8.42. The first-order valence-corrected chi connectivity index (χ1v) is 5.14. The summed E-state index contributed by atoms with van der Waals surface area (Å²) >= 11 is 0.